The fraction of sp³-hybridized carbons (Fsp3) is 0.290. The van der Waals surface area contributed by atoms with Gasteiger partial charge in [-0.2, -0.15) is 0 Å². The number of rotatable bonds is 9. The number of carboxylic acids is 1. The third kappa shape index (κ3) is 6.33. The third-order valence-electron chi connectivity index (χ3n) is 7.06. The Morgan fingerprint density at radius 1 is 0.921 bits per heavy atom. The molecule has 1 N–H and O–H groups in total. The van der Waals surface area contributed by atoms with Gasteiger partial charge in [0.1, 0.15) is 11.3 Å². The Balaban J connectivity index is 1.13. The lowest BCUT2D eigenvalue weighted by atomic mass is 10.0. The number of hydrogen-bond donors (Lipinski definition) is 1. The summed E-state index contributed by atoms with van der Waals surface area (Å²) in [5.74, 6) is -0.525. The van der Waals surface area contributed by atoms with Crippen LogP contribution in [0.25, 0.3) is 22.0 Å². The normalized spacial score (nSPS) is 14.9. The van der Waals surface area contributed by atoms with Crippen LogP contribution in [0, 0.1) is 0 Å². The molecule has 38 heavy (non-hydrogen) atoms. The monoisotopic (exact) mass is 529 g/mol. The van der Waals surface area contributed by atoms with Crippen LogP contribution < -0.4 is 4.74 Å². The molecule has 2 heterocycles. The molecule has 0 saturated carbocycles. The van der Waals surface area contributed by atoms with Gasteiger partial charge in [-0.3, -0.25) is 9.88 Å². The average Bonchev–Trinajstić information content (AvgIpc) is 3.16. The molecule has 1 aliphatic heterocycles. The number of carboxylic acid groups (broad SMARTS) is 1. The minimum Gasteiger partial charge on any atom is -0.493 e. The van der Waals surface area contributed by atoms with Gasteiger partial charge in [0, 0.05) is 43.0 Å². The molecular formula is C31H32ClN3O3. The van der Waals surface area contributed by atoms with Gasteiger partial charge < -0.3 is 14.7 Å². The highest BCUT2D eigenvalue weighted by Gasteiger charge is 2.18. The van der Waals surface area contributed by atoms with E-state index in [2.05, 4.69) is 20.9 Å². The van der Waals surface area contributed by atoms with Crippen molar-refractivity contribution in [2.24, 2.45) is 0 Å². The van der Waals surface area contributed by atoms with Crippen LogP contribution in [0.1, 0.15) is 28.8 Å². The van der Waals surface area contributed by atoms with Crippen LogP contribution in [-0.4, -0.2) is 65.2 Å². The molecule has 196 valence electrons. The van der Waals surface area contributed by atoms with Gasteiger partial charge in [0.15, 0.2) is 0 Å². The van der Waals surface area contributed by atoms with Crippen LogP contribution in [0.4, 0.5) is 0 Å². The summed E-state index contributed by atoms with van der Waals surface area (Å²) in [6.07, 6.45) is 3.79. The maximum absolute atomic E-state index is 11.9. The maximum Gasteiger partial charge on any atom is 0.340 e. The molecule has 6 nitrogen and oxygen atoms in total. The molecule has 0 radical (unpaired) electrons. The third-order valence-corrected chi connectivity index (χ3v) is 7.32. The first-order valence-corrected chi connectivity index (χ1v) is 13.5. The molecule has 7 heteroatoms. The van der Waals surface area contributed by atoms with E-state index in [0.29, 0.717) is 17.7 Å². The number of fused-ring (bicyclic) bond motifs is 1. The van der Waals surface area contributed by atoms with Crippen LogP contribution in [0.2, 0.25) is 5.02 Å². The predicted octanol–water partition coefficient (Wildman–Crippen LogP) is 6.23. The number of pyridine rings is 1. The summed E-state index contributed by atoms with van der Waals surface area (Å²) in [7, 11) is 0. The number of aromatic carboxylic acids is 1. The van der Waals surface area contributed by atoms with E-state index in [0.717, 1.165) is 73.8 Å². The Morgan fingerprint density at radius 2 is 1.71 bits per heavy atom. The first-order valence-electron chi connectivity index (χ1n) is 13.1. The second kappa shape index (κ2) is 12.4. The SMILES string of the molecule is O=C(O)c1c(OCCCN2CCCN(Cc3cccnc3-c3ccc(Cl)cc3)CC2)ccc2ccccc12. The highest BCUT2D eigenvalue weighted by Crippen LogP contribution is 2.28. The molecule has 1 saturated heterocycles. The van der Waals surface area contributed by atoms with Crippen molar-refractivity contribution in [3.05, 3.63) is 95.1 Å². The van der Waals surface area contributed by atoms with E-state index < -0.39 is 5.97 Å². The average molecular weight is 530 g/mol. The quantitative estimate of drug-likeness (QED) is 0.259. The minimum absolute atomic E-state index is 0.238. The van der Waals surface area contributed by atoms with Gasteiger partial charge in [-0.25, -0.2) is 4.79 Å². The predicted molar refractivity (Wildman–Crippen MR) is 152 cm³/mol. The summed E-state index contributed by atoms with van der Waals surface area (Å²) in [6, 6.07) is 23.2. The van der Waals surface area contributed by atoms with Gasteiger partial charge >= 0.3 is 5.97 Å². The van der Waals surface area contributed by atoms with Gasteiger partial charge in [-0.05, 0) is 66.5 Å². The zero-order valence-corrected chi connectivity index (χ0v) is 22.1. The van der Waals surface area contributed by atoms with Gasteiger partial charge in [0.05, 0.1) is 12.3 Å². The molecule has 0 bridgehead atoms. The van der Waals surface area contributed by atoms with E-state index in [1.165, 1.54) is 5.56 Å². The number of aromatic nitrogens is 1. The highest BCUT2D eigenvalue weighted by molar-refractivity contribution is 6.30. The summed E-state index contributed by atoms with van der Waals surface area (Å²) in [6.45, 7) is 6.34. The molecule has 4 aromatic rings. The van der Waals surface area contributed by atoms with Gasteiger partial charge in [0.25, 0.3) is 0 Å². The number of hydrogen-bond acceptors (Lipinski definition) is 5. The Morgan fingerprint density at radius 3 is 2.55 bits per heavy atom. The largest absolute Gasteiger partial charge is 0.493 e. The van der Waals surface area contributed by atoms with Crippen LogP contribution >= 0.6 is 11.6 Å². The molecule has 1 aromatic heterocycles. The molecule has 1 aliphatic rings. The molecule has 1 fully saturated rings. The lowest BCUT2D eigenvalue weighted by molar-refractivity contribution is 0.0694. The number of nitrogens with zero attached hydrogens (tertiary/aromatic N) is 3. The van der Waals surface area contributed by atoms with Crippen molar-refractivity contribution in [3.8, 4) is 17.0 Å². The van der Waals surface area contributed by atoms with E-state index in [1.54, 1.807) is 6.07 Å². The number of halogens is 1. The van der Waals surface area contributed by atoms with E-state index in [4.69, 9.17) is 16.3 Å². The standard InChI is InChI=1S/C31H32ClN3O3/c32-26-12-9-24(10-13-26)30-25(7-3-15-33-30)22-35-17-4-16-34(19-20-35)18-5-21-38-28-14-11-23-6-1-2-8-27(23)29(28)31(36)37/h1-3,6-15H,4-5,16-22H2,(H,36,37). The van der Waals surface area contributed by atoms with Crippen LogP contribution in [0.3, 0.4) is 0 Å². The fourth-order valence-electron chi connectivity index (χ4n) is 5.14. The molecule has 5 rings (SSSR count). The van der Waals surface area contributed by atoms with E-state index in [-0.39, 0.29) is 5.56 Å². The Labute approximate surface area is 228 Å². The van der Waals surface area contributed by atoms with Crippen molar-refractivity contribution in [2.45, 2.75) is 19.4 Å². The van der Waals surface area contributed by atoms with Crippen LogP contribution in [0.15, 0.2) is 79.0 Å². The molecule has 0 amide bonds. The van der Waals surface area contributed by atoms with Gasteiger partial charge in [0.2, 0.25) is 0 Å². The van der Waals surface area contributed by atoms with E-state index >= 15 is 0 Å². The maximum atomic E-state index is 11.9. The van der Waals surface area contributed by atoms with Crippen molar-refractivity contribution in [2.75, 3.05) is 39.3 Å². The highest BCUT2D eigenvalue weighted by atomic mass is 35.5. The Hall–Kier alpha value is -3.45. The summed E-state index contributed by atoms with van der Waals surface area (Å²) >= 11 is 6.08. The van der Waals surface area contributed by atoms with E-state index in [1.807, 2.05) is 66.9 Å². The number of carbonyl (C=O) groups is 1. The second-order valence-corrected chi connectivity index (χ2v) is 10.1. The smallest absolute Gasteiger partial charge is 0.340 e. The molecular weight excluding hydrogens is 498 g/mol. The summed E-state index contributed by atoms with van der Waals surface area (Å²) in [5, 5.41) is 12.1. The first kappa shape index (κ1) is 26.2. The van der Waals surface area contributed by atoms with Crippen LogP contribution in [-0.2, 0) is 6.54 Å². The second-order valence-electron chi connectivity index (χ2n) is 9.66. The summed E-state index contributed by atoms with van der Waals surface area (Å²) < 4.78 is 5.96. The number of benzene rings is 3. The molecule has 0 spiro atoms. The minimum atomic E-state index is -0.961. The topological polar surface area (TPSA) is 65.9 Å². The van der Waals surface area contributed by atoms with Crippen molar-refractivity contribution >= 4 is 28.3 Å². The zero-order chi connectivity index (χ0) is 26.3. The zero-order valence-electron chi connectivity index (χ0n) is 21.4. The van der Waals surface area contributed by atoms with Crippen LogP contribution in [0.5, 0.6) is 5.75 Å². The van der Waals surface area contributed by atoms with Gasteiger partial charge in [-0.1, -0.05) is 60.1 Å². The van der Waals surface area contributed by atoms with Crippen molar-refractivity contribution in [1.29, 1.82) is 0 Å². The molecule has 0 unspecified atom stereocenters. The van der Waals surface area contributed by atoms with Gasteiger partial charge in [-0.15, -0.1) is 0 Å². The number of ether oxygens (including phenoxy) is 1. The Kier molecular flexibility index (Phi) is 8.54. The first-order chi connectivity index (χ1) is 18.6. The molecule has 0 aliphatic carbocycles. The van der Waals surface area contributed by atoms with Crippen molar-refractivity contribution < 1.29 is 14.6 Å². The van der Waals surface area contributed by atoms with Crippen molar-refractivity contribution in [3.63, 3.8) is 0 Å². The lowest BCUT2D eigenvalue weighted by Gasteiger charge is -2.22. The lowest BCUT2D eigenvalue weighted by Crippen LogP contribution is -2.31. The van der Waals surface area contributed by atoms with E-state index in [9.17, 15) is 9.90 Å². The summed E-state index contributed by atoms with van der Waals surface area (Å²) in [4.78, 5) is 21.6. The van der Waals surface area contributed by atoms with Crippen molar-refractivity contribution in [1.82, 2.24) is 14.8 Å². The molecule has 0 atom stereocenters. The summed E-state index contributed by atoms with van der Waals surface area (Å²) in [5.41, 5.74) is 3.55. The Bertz CT molecular complexity index is 1390. The fourth-order valence-corrected chi connectivity index (χ4v) is 5.27. The molecule has 3 aromatic carbocycles.